The quantitative estimate of drug-likeness (QED) is 0.721. The fourth-order valence-electron chi connectivity index (χ4n) is 3.59. The van der Waals surface area contributed by atoms with Gasteiger partial charge < -0.3 is 10.6 Å². The summed E-state index contributed by atoms with van der Waals surface area (Å²) in [5.41, 5.74) is 7.63. The lowest BCUT2D eigenvalue weighted by atomic mass is 10.0. The van der Waals surface area contributed by atoms with Gasteiger partial charge in [0.15, 0.2) is 0 Å². The lowest BCUT2D eigenvalue weighted by molar-refractivity contribution is 0.816. The van der Waals surface area contributed by atoms with Crippen molar-refractivity contribution in [3.63, 3.8) is 0 Å². The fraction of sp³-hybridized carbons (Fsp3) is 0.318. The smallest absolute Gasteiger partial charge is 0.218 e. The third-order valence-corrected chi connectivity index (χ3v) is 5.08. The first-order chi connectivity index (χ1) is 13.7. The third kappa shape index (κ3) is 3.43. The lowest BCUT2D eigenvalue weighted by Gasteiger charge is -2.16. The van der Waals surface area contributed by atoms with Crippen molar-refractivity contribution in [2.24, 2.45) is 9.98 Å². The summed E-state index contributed by atoms with van der Waals surface area (Å²) in [6.45, 7) is 3.81. The van der Waals surface area contributed by atoms with E-state index in [-0.39, 0.29) is 0 Å². The number of aromatic nitrogens is 2. The molecule has 144 valence electrons. The average Bonchev–Trinajstić information content (AvgIpc) is 3.13. The van der Waals surface area contributed by atoms with E-state index in [0.717, 1.165) is 54.2 Å². The number of guanidine groups is 1. The molecule has 1 aliphatic rings. The Kier molecular flexibility index (Phi) is 5.21. The van der Waals surface area contributed by atoms with E-state index in [2.05, 4.69) is 69.5 Å². The minimum absolute atomic E-state index is 0.676. The number of hydrogen-bond donors (Lipinski definition) is 2. The molecule has 4 rings (SSSR count). The molecule has 0 unspecified atom stereocenters. The minimum atomic E-state index is 0.676. The summed E-state index contributed by atoms with van der Waals surface area (Å²) in [5, 5.41) is 6.44. The maximum Gasteiger partial charge on any atom is 0.218 e. The highest BCUT2D eigenvalue weighted by Gasteiger charge is 2.21. The van der Waals surface area contributed by atoms with Gasteiger partial charge in [-0.05, 0) is 36.7 Å². The number of nitrogens with zero attached hydrogens (tertiary/aromatic N) is 4. The summed E-state index contributed by atoms with van der Waals surface area (Å²) >= 11 is 0. The highest BCUT2D eigenvalue weighted by atomic mass is 15.2. The van der Waals surface area contributed by atoms with Crippen LogP contribution < -0.4 is 10.6 Å². The van der Waals surface area contributed by atoms with Crippen LogP contribution in [0.1, 0.15) is 30.2 Å². The number of imidazole rings is 1. The Morgan fingerprint density at radius 2 is 2.00 bits per heavy atom. The number of hydrogen-bond acceptors (Lipinski definition) is 3. The van der Waals surface area contributed by atoms with Crippen LogP contribution in [0.25, 0.3) is 16.9 Å². The van der Waals surface area contributed by atoms with Gasteiger partial charge in [0.05, 0.1) is 17.1 Å². The zero-order valence-electron chi connectivity index (χ0n) is 16.7. The van der Waals surface area contributed by atoms with Gasteiger partial charge in [0.2, 0.25) is 5.96 Å². The Balaban J connectivity index is 1.92. The van der Waals surface area contributed by atoms with E-state index < -0.39 is 0 Å². The molecule has 0 spiro atoms. The van der Waals surface area contributed by atoms with Crippen molar-refractivity contribution in [1.29, 1.82) is 0 Å². The Hall–Kier alpha value is -2.99. The number of fused-ring (bicyclic) bond motifs is 1. The predicted octanol–water partition coefficient (Wildman–Crippen LogP) is 3.05. The zero-order valence-corrected chi connectivity index (χ0v) is 16.7. The summed E-state index contributed by atoms with van der Waals surface area (Å²) in [6.07, 6.45) is 3.97. The van der Waals surface area contributed by atoms with Gasteiger partial charge >= 0.3 is 0 Å². The van der Waals surface area contributed by atoms with E-state index in [9.17, 15) is 0 Å². The lowest BCUT2D eigenvalue weighted by Crippen LogP contribution is -2.31. The van der Waals surface area contributed by atoms with Crippen molar-refractivity contribution in [3.05, 3.63) is 59.4 Å². The first-order valence-electron chi connectivity index (χ1n) is 9.77. The molecule has 6 nitrogen and oxygen atoms in total. The average molecular weight is 374 g/mol. The summed E-state index contributed by atoms with van der Waals surface area (Å²) in [5.74, 6) is 0.676. The van der Waals surface area contributed by atoms with Crippen LogP contribution in [0.5, 0.6) is 0 Å². The van der Waals surface area contributed by atoms with E-state index in [1.165, 1.54) is 11.1 Å². The number of aryl methyl sites for hydroxylation is 1. The molecule has 0 amide bonds. The molecule has 3 heterocycles. The molecule has 2 N–H and O–H groups in total. The van der Waals surface area contributed by atoms with Crippen molar-refractivity contribution in [3.8, 4) is 11.3 Å². The molecule has 2 aromatic heterocycles. The maximum absolute atomic E-state index is 5.00. The Morgan fingerprint density at radius 3 is 2.71 bits per heavy atom. The molecule has 28 heavy (non-hydrogen) atoms. The second-order valence-corrected chi connectivity index (χ2v) is 6.94. The summed E-state index contributed by atoms with van der Waals surface area (Å²) in [7, 11) is 3.72. The molecule has 0 saturated heterocycles. The molecule has 3 aromatic rings. The first-order valence-corrected chi connectivity index (χ1v) is 9.77. The maximum atomic E-state index is 5.00. The van der Waals surface area contributed by atoms with Gasteiger partial charge in [-0.15, -0.1) is 0 Å². The van der Waals surface area contributed by atoms with Crippen LogP contribution in [0.4, 0.5) is 0 Å². The standard InChI is InChI=1S/C22H26N6/c1-4-15-5-7-17(8-6-15)20-21(18-9-11-25-22(24-3)26-18)28-12-10-16(14-23-2)13-19(28)27-20/h5-8,10,12-13,23H,4,9,11,14H2,1-3H3,(H,24,25). The number of benzene rings is 1. The van der Waals surface area contributed by atoms with Crippen LogP contribution >= 0.6 is 0 Å². The fourth-order valence-corrected chi connectivity index (χ4v) is 3.59. The largest absolute Gasteiger partial charge is 0.354 e. The van der Waals surface area contributed by atoms with Gasteiger partial charge in [-0.1, -0.05) is 31.2 Å². The topological polar surface area (TPSA) is 66.1 Å². The number of nitrogens with one attached hydrogen (secondary N) is 2. The second kappa shape index (κ2) is 7.94. The molecule has 0 radical (unpaired) electrons. The molecule has 0 atom stereocenters. The number of rotatable bonds is 5. The van der Waals surface area contributed by atoms with Crippen molar-refractivity contribution in [2.45, 2.75) is 26.3 Å². The van der Waals surface area contributed by atoms with Crippen LogP contribution in [0.2, 0.25) is 0 Å². The van der Waals surface area contributed by atoms with Crippen LogP contribution in [0, 0.1) is 0 Å². The Morgan fingerprint density at radius 1 is 1.18 bits per heavy atom. The highest BCUT2D eigenvalue weighted by Crippen LogP contribution is 2.27. The monoisotopic (exact) mass is 374 g/mol. The van der Waals surface area contributed by atoms with Gasteiger partial charge in [0, 0.05) is 38.3 Å². The molecule has 0 fully saturated rings. The van der Waals surface area contributed by atoms with E-state index in [1.54, 1.807) is 7.05 Å². The SMILES string of the molecule is CCc1ccc(-c2nc3cc(CNC)ccn3c2C2=NC(=NC)NCC2)cc1. The van der Waals surface area contributed by atoms with E-state index in [4.69, 9.17) is 9.98 Å². The molecular weight excluding hydrogens is 348 g/mol. The Labute approximate surface area is 165 Å². The van der Waals surface area contributed by atoms with Crippen LogP contribution in [-0.2, 0) is 13.0 Å². The van der Waals surface area contributed by atoms with Gasteiger partial charge in [-0.25, -0.2) is 9.98 Å². The van der Waals surface area contributed by atoms with Gasteiger partial charge in [-0.3, -0.25) is 9.39 Å². The molecular formula is C22H26N6. The zero-order chi connectivity index (χ0) is 19.5. The summed E-state index contributed by atoms with van der Waals surface area (Å²) < 4.78 is 2.15. The minimum Gasteiger partial charge on any atom is -0.354 e. The van der Waals surface area contributed by atoms with E-state index in [1.807, 2.05) is 7.05 Å². The van der Waals surface area contributed by atoms with Crippen molar-refractivity contribution >= 4 is 17.3 Å². The van der Waals surface area contributed by atoms with E-state index in [0.29, 0.717) is 5.96 Å². The van der Waals surface area contributed by atoms with Crippen molar-refractivity contribution in [1.82, 2.24) is 20.0 Å². The highest BCUT2D eigenvalue weighted by molar-refractivity contribution is 6.11. The van der Waals surface area contributed by atoms with Gasteiger partial charge in [0.25, 0.3) is 0 Å². The van der Waals surface area contributed by atoms with Crippen molar-refractivity contribution in [2.75, 3.05) is 20.6 Å². The van der Waals surface area contributed by atoms with Crippen LogP contribution in [0.15, 0.2) is 52.6 Å². The molecule has 1 aromatic carbocycles. The van der Waals surface area contributed by atoms with Crippen LogP contribution in [-0.4, -0.2) is 41.7 Å². The van der Waals surface area contributed by atoms with Gasteiger partial charge in [-0.2, -0.15) is 0 Å². The second-order valence-electron chi connectivity index (χ2n) is 6.94. The first kappa shape index (κ1) is 18.4. The van der Waals surface area contributed by atoms with E-state index >= 15 is 0 Å². The molecule has 0 bridgehead atoms. The van der Waals surface area contributed by atoms with Crippen molar-refractivity contribution < 1.29 is 0 Å². The summed E-state index contributed by atoms with van der Waals surface area (Å²) in [6, 6.07) is 13.0. The molecule has 0 saturated carbocycles. The molecule has 0 aliphatic carbocycles. The number of aliphatic imine (C=N–C) groups is 2. The normalized spacial score (nSPS) is 15.7. The molecule has 1 aliphatic heterocycles. The molecule has 6 heteroatoms. The predicted molar refractivity (Wildman–Crippen MR) is 115 cm³/mol. The Bertz CT molecular complexity index is 1040. The van der Waals surface area contributed by atoms with Crippen LogP contribution in [0.3, 0.4) is 0 Å². The number of pyridine rings is 1. The third-order valence-electron chi connectivity index (χ3n) is 5.08. The van der Waals surface area contributed by atoms with Gasteiger partial charge in [0.1, 0.15) is 5.65 Å². The summed E-state index contributed by atoms with van der Waals surface area (Å²) in [4.78, 5) is 14.0.